The number of aromatic carboxylic acids is 1. The SMILES string of the molecule is O=C(O)c1cccc2c1c(CO)cn2Cc1cc(F)ccc1OCc1ccc(Cl)cc1F. The summed E-state index contributed by atoms with van der Waals surface area (Å²) in [6.45, 7) is -0.287. The maximum atomic E-state index is 14.1. The molecule has 0 bridgehead atoms. The Labute approximate surface area is 187 Å². The van der Waals surface area contributed by atoms with Gasteiger partial charge < -0.3 is 19.5 Å². The zero-order valence-corrected chi connectivity index (χ0v) is 17.4. The van der Waals surface area contributed by atoms with Crippen molar-refractivity contribution in [3.63, 3.8) is 0 Å². The molecule has 4 aromatic rings. The van der Waals surface area contributed by atoms with E-state index in [1.165, 1.54) is 36.4 Å². The Morgan fingerprint density at radius 2 is 1.84 bits per heavy atom. The molecule has 3 aromatic carbocycles. The van der Waals surface area contributed by atoms with Crippen LogP contribution in [-0.4, -0.2) is 20.7 Å². The Morgan fingerprint density at radius 1 is 1.03 bits per heavy atom. The molecule has 0 radical (unpaired) electrons. The molecule has 0 saturated heterocycles. The normalized spacial score (nSPS) is 11.1. The van der Waals surface area contributed by atoms with E-state index in [1.807, 2.05) is 0 Å². The molecule has 0 aliphatic heterocycles. The van der Waals surface area contributed by atoms with Crippen LogP contribution in [0.3, 0.4) is 0 Å². The predicted molar refractivity (Wildman–Crippen MR) is 116 cm³/mol. The van der Waals surface area contributed by atoms with E-state index in [4.69, 9.17) is 16.3 Å². The Kier molecular flexibility index (Phi) is 6.12. The molecule has 4 rings (SSSR count). The lowest BCUT2D eigenvalue weighted by molar-refractivity contribution is 0.0699. The molecule has 8 heteroatoms. The van der Waals surface area contributed by atoms with Crippen molar-refractivity contribution in [3.05, 3.63) is 99.7 Å². The number of aromatic nitrogens is 1. The summed E-state index contributed by atoms with van der Waals surface area (Å²) in [6, 6.07) is 13.1. The van der Waals surface area contributed by atoms with E-state index in [-0.39, 0.29) is 30.3 Å². The molecule has 1 aromatic heterocycles. The van der Waals surface area contributed by atoms with Gasteiger partial charge in [-0.3, -0.25) is 0 Å². The van der Waals surface area contributed by atoms with E-state index in [9.17, 15) is 23.8 Å². The fraction of sp³-hybridized carbons (Fsp3) is 0.125. The Balaban J connectivity index is 1.69. The van der Waals surface area contributed by atoms with Crippen molar-refractivity contribution < 1.29 is 28.5 Å². The van der Waals surface area contributed by atoms with Crippen LogP contribution in [0.25, 0.3) is 10.9 Å². The van der Waals surface area contributed by atoms with Crippen LogP contribution in [0.4, 0.5) is 8.78 Å². The van der Waals surface area contributed by atoms with Gasteiger partial charge in [-0.05, 0) is 42.5 Å². The summed E-state index contributed by atoms with van der Waals surface area (Å²) in [5.74, 6) is -1.74. The number of benzene rings is 3. The lowest BCUT2D eigenvalue weighted by atomic mass is 10.1. The standard InChI is InChI=1S/C24H18ClF2NO4/c25-17-5-4-14(20(27)9-17)13-32-22-7-6-18(26)8-15(22)10-28-11-16(12-29)23-19(24(30)31)2-1-3-21(23)28/h1-9,11,29H,10,12-13H2,(H,30,31). The minimum atomic E-state index is -1.11. The van der Waals surface area contributed by atoms with Crippen LogP contribution in [0.1, 0.15) is 27.0 Å². The molecule has 0 saturated carbocycles. The topological polar surface area (TPSA) is 71.7 Å². The highest BCUT2D eigenvalue weighted by atomic mass is 35.5. The first-order chi connectivity index (χ1) is 15.4. The fourth-order valence-electron chi connectivity index (χ4n) is 3.66. The predicted octanol–water partition coefficient (Wildman–Crippen LogP) is 5.39. The van der Waals surface area contributed by atoms with E-state index < -0.39 is 17.6 Å². The van der Waals surface area contributed by atoms with Gasteiger partial charge in [0.1, 0.15) is 24.0 Å². The number of aliphatic hydroxyl groups is 1. The molecule has 0 spiro atoms. The van der Waals surface area contributed by atoms with Gasteiger partial charge in [0, 0.05) is 38.8 Å². The van der Waals surface area contributed by atoms with Gasteiger partial charge in [-0.15, -0.1) is 0 Å². The first-order valence-electron chi connectivity index (χ1n) is 9.67. The number of carbonyl (C=O) groups is 1. The summed E-state index contributed by atoms with van der Waals surface area (Å²) in [5, 5.41) is 19.9. The maximum absolute atomic E-state index is 14.1. The van der Waals surface area contributed by atoms with Crippen LogP contribution in [0.15, 0.2) is 60.8 Å². The second-order valence-electron chi connectivity index (χ2n) is 7.22. The van der Waals surface area contributed by atoms with E-state index in [0.29, 0.717) is 33.3 Å². The summed E-state index contributed by atoms with van der Waals surface area (Å²) in [6.07, 6.45) is 1.63. The van der Waals surface area contributed by atoms with Crippen molar-refractivity contribution in [1.29, 1.82) is 0 Å². The number of carboxylic acids is 1. The van der Waals surface area contributed by atoms with Crippen molar-refractivity contribution in [3.8, 4) is 5.75 Å². The van der Waals surface area contributed by atoms with E-state index >= 15 is 0 Å². The molecule has 164 valence electrons. The van der Waals surface area contributed by atoms with E-state index in [0.717, 1.165) is 0 Å². The van der Waals surface area contributed by atoms with Crippen molar-refractivity contribution in [1.82, 2.24) is 4.57 Å². The number of hydrogen-bond donors (Lipinski definition) is 2. The molecule has 1 heterocycles. The van der Waals surface area contributed by atoms with Crippen molar-refractivity contribution in [2.45, 2.75) is 19.8 Å². The van der Waals surface area contributed by atoms with Gasteiger partial charge in [0.2, 0.25) is 0 Å². The first-order valence-corrected chi connectivity index (χ1v) is 10.0. The van der Waals surface area contributed by atoms with Crippen molar-refractivity contribution in [2.24, 2.45) is 0 Å². The quantitative estimate of drug-likeness (QED) is 0.390. The molecule has 0 amide bonds. The Morgan fingerprint density at radius 3 is 2.56 bits per heavy atom. The molecule has 0 aliphatic carbocycles. The summed E-state index contributed by atoms with van der Waals surface area (Å²) < 4.78 is 35.6. The lowest BCUT2D eigenvalue weighted by Gasteiger charge is -2.14. The minimum Gasteiger partial charge on any atom is -0.488 e. The van der Waals surface area contributed by atoms with Gasteiger partial charge >= 0.3 is 5.97 Å². The van der Waals surface area contributed by atoms with Crippen LogP contribution >= 0.6 is 11.6 Å². The monoisotopic (exact) mass is 457 g/mol. The van der Waals surface area contributed by atoms with Crippen LogP contribution in [0.2, 0.25) is 5.02 Å². The summed E-state index contributed by atoms with van der Waals surface area (Å²) >= 11 is 5.78. The molecular weight excluding hydrogens is 440 g/mol. The zero-order chi connectivity index (χ0) is 22.8. The van der Waals surface area contributed by atoms with E-state index in [1.54, 1.807) is 29.0 Å². The van der Waals surface area contributed by atoms with Crippen molar-refractivity contribution >= 4 is 28.5 Å². The summed E-state index contributed by atoms with van der Waals surface area (Å²) in [5.41, 5.74) is 1.86. The van der Waals surface area contributed by atoms with Crippen LogP contribution in [0.5, 0.6) is 5.75 Å². The molecule has 32 heavy (non-hydrogen) atoms. The summed E-state index contributed by atoms with van der Waals surface area (Å²) in [7, 11) is 0. The number of rotatable bonds is 7. The third kappa shape index (κ3) is 4.30. The molecule has 0 aliphatic rings. The molecule has 5 nitrogen and oxygen atoms in total. The fourth-order valence-corrected chi connectivity index (χ4v) is 3.82. The number of ether oxygens (including phenoxy) is 1. The summed E-state index contributed by atoms with van der Waals surface area (Å²) in [4.78, 5) is 11.6. The highest BCUT2D eigenvalue weighted by Gasteiger charge is 2.17. The lowest BCUT2D eigenvalue weighted by Crippen LogP contribution is -2.05. The van der Waals surface area contributed by atoms with Gasteiger partial charge in [0.25, 0.3) is 0 Å². The third-order valence-electron chi connectivity index (χ3n) is 5.15. The number of halogens is 3. The Hall–Kier alpha value is -3.42. The zero-order valence-electron chi connectivity index (χ0n) is 16.7. The second-order valence-corrected chi connectivity index (χ2v) is 7.66. The highest BCUT2D eigenvalue weighted by molar-refractivity contribution is 6.30. The highest BCUT2D eigenvalue weighted by Crippen LogP contribution is 2.29. The van der Waals surface area contributed by atoms with Gasteiger partial charge in [-0.2, -0.15) is 0 Å². The molecule has 0 unspecified atom stereocenters. The first kappa shape index (κ1) is 21.8. The maximum Gasteiger partial charge on any atom is 0.336 e. The third-order valence-corrected chi connectivity index (χ3v) is 5.38. The second kappa shape index (κ2) is 8.98. The molecule has 2 N–H and O–H groups in total. The molecular formula is C24H18ClF2NO4. The number of aliphatic hydroxyl groups excluding tert-OH is 1. The van der Waals surface area contributed by atoms with Gasteiger partial charge in [-0.25, -0.2) is 13.6 Å². The molecule has 0 fully saturated rings. The average Bonchev–Trinajstić information content (AvgIpc) is 3.12. The minimum absolute atomic E-state index is 0.0687. The average molecular weight is 458 g/mol. The number of carboxylic acid groups (broad SMARTS) is 1. The van der Waals surface area contributed by atoms with Crippen molar-refractivity contribution in [2.75, 3.05) is 0 Å². The van der Waals surface area contributed by atoms with Crippen LogP contribution < -0.4 is 4.74 Å². The van der Waals surface area contributed by atoms with Gasteiger partial charge in [0.15, 0.2) is 0 Å². The number of fused-ring (bicyclic) bond motifs is 1. The number of hydrogen-bond acceptors (Lipinski definition) is 3. The largest absolute Gasteiger partial charge is 0.488 e. The Bertz CT molecular complexity index is 1320. The van der Waals surface area contributed by atoms with E-state index in [2.05, 4.69) is 0 Å². The number of nitrogens with zero attached hydrogens (tertiary/aromatic N) is 1. The molecule has 0 atom stereocenters. The van der Waals surface area contributed by atoms with Crippen LogP contribution in [-0.2, 0) is 19.8 Å². The smallest absolute Gasteiger partial charge is 0.336 e. The van der Waals surface area contributed by atoms with Crippen LogP contribution in [0, 0.1) is 11.6 Å². The van der Waals surface area contributed by atoms with Gasteiger partial charge in [-0.1, -0.05) is 23.7 Å². The van der Waals surface area contributed by atoms with Gasteiger partial charge in [0.05, 0.1) is 18.7 Å².